The van der Waals surface area contributed by atoms with Gasteiger partial charge in [-0.25, -0.2) is 21.5 Å². The molecule has 8 heteroatoms. The summed E-state index contributed by atoms with van der Waals surface area (Å²) < 4.78 is 53.1. The van der Waals surface area contributed by atoms with Crippen LogP contribution in [0.2, 0.25) is 0 Å². The Labute approximate surface area is 179 Å². The number of piperidine rings is 2. The fourth-order valence-corrected chi connectivity index (χ4v) is 5.92. The van der Waals surface area contributed by atoms with Gasteiger partial charge in [0.25, 0.3) is 0 Å². The van der Waals surface area contributed by atoms with Crippen LogP contribution in [0.3, 0.4) is 0 Å². The predicted molar refractivity (Wildman–Crippen MR) is 116 cm³/mol. The highest BCUT2D eigenvalue weighted by molar-refractivity contribution is 7.88. The van der Waals surface area contributed by atoms with Crippen LogP contribution in [-0.4, -0.2) is 69.2 Å². The first-order chi connectivity index (χ1) is 14.3. The average molecular weight is 444 g/mol. The molecule has 0 bridgehead atoms. The average Bonchev–Trinajstić information content (AvgIpc) is 2.69. The molecule has 1 aromatic rings. The van der Waals surface area contributed by atoms with Crippen molar-refractivity contribution in [3.63, 3.8) is 0 Å². The molecular weight excluding hydrogens is 408 g/mol. The van der Waals surface area contributed by atoms with Crippen LogP contribution in [-0.2, 0) is 10.0 Å². The van der Waals surface area contributed by atoms with Gasteiger partial charge in [-0.2, -0.15) is 0 Å². The van der Waals surface area contributed by atoms with Gasteiger partial charge in [-0.05, 0) is 87.8 Å². The summed E-state index contributed by atoms with van der Waals surface area (Å²) in [7, 11) is -3.19. The maximum atomic E-state index is 13.9. The Balaban J connectivity index is 1.66. The Bertz CT molecular complexity index is 769. The van der Waals surface area contributed by atoms with Crippen molar-refractivity contribution in [1.82, 2.24) is 14.5 Å². The van der Waals surface area contributed by atoms with Crippen LogP contribution >= 0.6 is 0 Å². The molecule has 170 valence electrons. The molecule has 2 fully saturated rings. The summed E-state index contributed by atoms with van der Waals surface area (Å²) in [5.41, 5.74) is 0.702. The lowest BCUT2D eigenvalue weighted by molar-refractivity contribution is 0.176. The summed E-state index contributed by atoms with van der Waals surface area (Å²) in [6.45, 7) is 7.04. The minimum Gasteiger partial charge on any atom is -0.314 e. The van der Waals surface area contributed by atoms with E-state index in [4.69, 9.17) is 0 Å². The number of rotatable bonds is 8. The number of sulfonamides is 1. The summed E-state index contributed by atoms with van der Waals surface area (Å²) in [5.74, 6) is -0.836. The SMILES string of the molecule is CCNC1CCN(CC[C@@H](c2cc(F)cc(F)c2)C2CCN(S(C)(=O)=O)CC2)CC1. The second-order valence-corrected chi connectivity index (χ2v) is 10.8. The van der Waals surface area contributed by atoms with E-state index in [1.54, 1.807) is 0 Å². The Hall–Kier alpha value is -1.09. The Morgan fingerprint density at radius 2 is 1.63 bits per heavy atom. The zero-order chi connectivity index (χ0) is 21.7. The van der Waals surface area contributed by atoms with Crippen molar-refractivity contribution in [3.05, 3.63) is 35.4 Å². The third kappa shape index (κ3) is 6.45. The molecule has 0 amide bonds. The number of nitrogens with one attached hydrogen (secondary N) is 1. The summed E-state index contributed by atoms with van der Waals surface area (Å²) in [6, 6.07) is 4.40. The predicted octanol–water partition coefficient (Wildman–Crippen LogP) is 3.18. The van der Waals surface area contributed by atoms with Crippen LogP contribution in [0.25, 0.3) is 0 Å². The van der Waals surface area contributed by atoms with Crippen molar-refractivity contribution < 1.29 is 17.2 Å². The monoisotopic (exact) mass is 443 g/mol. The number of halogens is 2. The largest absolute Gasteiger partial charge is 0.314 e. The van der Waals surface area contributed by atoms with Gasteiger partial charge in [0.05, 0.1) is 6.26 Å². The second-order valence-electron chi connectivity index (χ2n) is 8.77. The van der Waals surface area contributed by atoms with E-state index in [0.29, 0.717) is 24.7 Å². The maximum Gasteiger partial charge on any atom is 0.211 e. The zero-order valence-corrected chi connectivity index (χ0v) is 18.9. The molecule has 5 nitrogen and oxygen atoms in total. The molecule has 0 aromatic heterocycles. The summed E-state index contributed by atoms with van der Waals surface area (Å²) >= 11 is 0. The molecule has 2 aliphatic rings. The number of likely N-dealkylation sites (tertiary alicyclic amines) is 1. The first-order valence-corrected chi connectivity index (χ1v) is 13.0. The second kappa shape index (κ2) is 10.5. The van der Waals surface area contributed by atoms with Gasteiger partial charge in [0.15, 0.2) is 0 Å². The van der Waals surface area contributed by atoms with Gasteiger partial charge in [0, 0.05) is 25.2 Å². The normalized spacial score (nSPS) is 21.7. The molecule has 0 saturated carbocycles. The lowest BCUT2D eigenvalue weighted by Crippen LogP contribution is -2.43. The van der Waals surface area contributed by atoms with Crippen molar-refractivity contribution in [3.8, 4) is 0 Å². The Kier molecular flexibility index (Phi) is 8.24. The van der Waals surface area contributed by atoms with E-state index in [-0.39, 0.29) is 11.8 Å². The van der Waals surface area contributed by atoms with Gasteiger partial charge in [-0.1, -0.05) is 6.92 Å². The molecule has 1 N–H and O–H groups in total. The highest BCUT2D eigenvalue weighted by atomic mass is 32.2. The van der Waals surface area contributed by atoms with Gasteiger partial charge in [-0.3, -0.25) is 0 Å². The summed E-state index contributed by atoms with van der Waals surface area (Å²) in [5, 5.41) is 3.51. The number of benzene rings is 1. The molecule has 2 heterocycles. The first kappa shape index (κ1) is 23.6. The van der Waals surface area contributed by atoms with Crippen LogP contribution < -0.4 is 5.32 Å². The van der Waals surface area contributed by atoms with Gasteiger partial charge < -0.3 is 10.2 Å². The van der Waals surface area contributed by atoms with Crippen LogP contribution in [0, 0.1) is 17.6 Å². The van der Waals surface area contributed by atoms with Crippen LogP contribution in [0.15, 0.2) is 18.2 Å². The molecule has 3 rings (SSSR count). The van der Waals surface area contributed by atoms with Gasteiger partial charge in [0.1, 0.15) is 11.6 Å². The van der Waals surface area contributed by atoms with Gasteiger partial charge in [0.2, 0.25) is 10.0 Å². The Morgan fingerprint density at radius 3 is 2.17 bits per heavy atom. The molecule has 1 atom stereocenters. The van der Waals surface area contributed by atoms with E-state index in [1.165, 1.54) is 22.7 Å². The lowest BCUT2D eigenvalue weighted by Gasteiger charge is -2.37. The standard InChI is InChI=1S/C22H35F2N3O2S/c1-3-25-21-6-9-26(10-7-21)11-8-22(18-14-19(23)16-20(24)15-18)17-4-12-27(13-5-17)30(2,28)29/h14-17,21-22,25H,3-13H2,1-2H3/t22-/m1/s1. The van der Waals surface area contributed by atoms with E-state index in [0.717, 1.165) is 64.3 Å². The van der Waals surface area contributed by atoms with Crippen molar-refractivity contribution in [2.24, 2.45) is 5.92 Å². The highest BCUT2D eigenvalue weighted by Gasteiger charge is 2.31. The van der Waals surface area contributed by atoms with Crippen molar-refractivity contribution in [2.45, 2.75) is 51.0 Å². The van der Waals surface area contributed by atoms with Crippen LogP contribution in [0.5, 0.6) is 0 Å². The third-order valence-electron chi connectivity index (χ3n) is 6.69. The van der Waals surface area contributed by atoms with E-state index < -0.39 is 21.7 Å². The van der Waals surface area contributed by atoms with E-state index in [1.807, 2.05) is 0 Å². The topological polar surface area (TPSA) is 52.6 Å². The molecule has 30 heavy (non-hydrogen) atoms. The molecule has 0 spiro atoms. The zero-order valence-electron chi connectivity index (χ0n) is 18.1. The molecule has 2 aliphatic heterocycles. The fourth-order valence-electron chi connectivity index (χ4n) is 5.04. The van der Waals surface area contributed by atoms with Crippen molar-refractivity contribution in [2.75, 3.05) is 45.5 Å². The summed E-state index contributed by atoms with van der Waals surface area (Å²) in [6.07, 6.45) is 5.76. The maximum absolute atomic E-state index is 13.9. The third-order valence-corrected chi connectivity index (χ3v) is 7.99. The number of hydrogen-bond donors (Lipinski definition) is 1. The molecule has 1 aromatic carbocycles. The minimum absolute atomic E-state index is 0.0309. The van der Waals surface area contributed by atoms with Crippen molar-refractivity contribution in [1.29, 1.82) is 0 Å². The van der Waals surface area contributed by atoms with Crippen LogP contribution in [0.4, 0.5) is 8.78 Å². The smallest absolute Gasteiger partial charge is 0.211 e. The first-order valence-electron chi connectivity index (χ1n) is 11.1. The van der Waals surface area contributed by atoms with E-state index in [9.17, 15) is 17.2 Å². The van der Waals surface area contributed by atoms with Gasteiger partial charge in [-0.15, -0.1) is 0 Å². The molecule has 0 aliphatic carbocycles. The highest BCUT2D eigenvalue weighted by Crippen LogP contribution is 2.36. The van der Waals surface area contributed by atoms with Crippen molar-refractivity contribution >= 4 is 10.0 Å². The minimum atomic E-state index is -3.19. The van der Waals surface area contributed by atoms with Crippen LogP contribution in [0.1, 0.15) is 50.5 Å². The van der Waals surface area contributed by atoms with E-state index in [2.05, 4.69) is 17.1 Å². The molecule has 0 radical (unpaired) electrons. The summed E-state index contributed by atoms with van der Waals surface area (Å²) in [4.78, 5) is 2.45. The van der Waals surface area contributed by atoms with E-state index >= 15 is 0 Å². The molecule has 0 unspecified atom stereocenters. The fraction of sp³-hybridized carbons (Fsp3) is 0.727. The Morgan fingerprint density at radius 1 is 1.03 bits per heavy atom. The quantitative estimate of drug-likeness (QED) is 0.671. The molecular formula is C22H35F2N3O2S. The van der Waals surface area contributed by atoms with Gasteiger partial charge >= 0.3 is 0 Å². The number of nitrogens with zero attached hydrogens (tertiary/aromatic N) is 2. The number of hydrogen-bond acceptors (Lipinski definition) is 4. The molecule has 2 saturated heterocycles. The lowest BCUT2D eigenvalue weighted by atomic mass is 9.78.